The van der Waals surface area contributed by atoms with Crippen molar-refractivity contribution in [3.63, 3.8) is 0 Å². The van der Waals surface area contributed by atoms with E-state index in [-0.39, 0.29) is 16.8 Å². The van der Waals surface area contributed by atoms with Crippen LogP contribution in [0.2, 0.25) is 0 Å². The van der Waals surface area contributed by atoms with E-state index in [0.717, 1.165) is 43.9 Å². The number of aromatic nitrogens is 2. The fourth-order valence-corrected chi connectivity index (χ4v) is 4.90. The van der Waals surface area contributed by atoms with E-state index < -0.39 is 10.1 Å². The number of piperidine rings is 1. The minimum absolute atomic E-state index is 0.0267. The van der Waals surface area contributed by atoms with Crippen LogP contribution in [0.5, 0.6) is 0 Å². The third-order valence-corrected chi connectivity index (χ3v) is 7.34. The van der Waals surface area contributed by atoms with Crippen molar-refractivity contribution in [2.75, 3.05) is 13.1 Å². The lowest BCUT2D eigenvalue weighted by Crippen LogP contribution is -2.44. The second-order valence-corrected chi connectivity index (χ2v) is 10.6. The average molecular weight is 533 g/mol. The number of carbonyl (C=O) groups is 1. The summed E-state index contributed by atoms with van der Waals surface area (Å²) in [4.78, 5) is 15.2. The van der Waals surface area contributed by atoms with Crippen LogP contribution in [0, 0.1) is 6.92 Å². The van der Waals surface area contributed by atoms with Crippen molar-refractivity contribution in [2.24, 2.45) is 0 Å². The number of nitrogens with one attached hydrogen (secondary N) is 1. The van der Waals surface area contributed by atoms with E-state index in [2.05, 4.69) is 39.6 Å². The van der Waals surface area contributed by atoms with Crippen molar-refractivity contribution in [3.05, 3.63) is 114 Å². The molecule has 1 saturated heterocycles. The Bertz CT molecular complexity index is 1420. The fraction of sp³-hybridized carbons (Fsp3) is 0.241. The van der Waals surface area contributed by atoms with Crippen LogP contribution in [0.1, 0.15) is 34.5 Å². The lowest BCUT2D eigenvalue weighted by Gasteiger charge is -2.32. The Hall–Kier alpha value is -3.79. The van der Waals surface area contributed by atoms with E-state index in [4.69, 9.17) is 4.55 Å². The van der Waals surface area contributed by atoms with Crippen LogP contribution in [0.3, 0.4) is 0 Å². The van der Waals surface area contributed by atoms with Crippen molar-refractivity contribution >= 4 is 16.0 Å². The highest BCUT2D eigenvalue weighted by Crippen LogP contribution is 2.17. The molecule has 8 nitrogen and oxygen atoms in total. The molecule has 38 heavy (non-hydrogen) atoms. The highest BCUT2D eigenvalue weighted by Gasteiger charge is 2.23. The van der Waals surface area contributed by atoms with Crippen molar-refractivity contribution in [3.8, 4) is 5.69 Å². The van der Waals surface area contributed by atoms with Crippen LogP contribution in [-0.2, 0) is 16.7 Å². The Morgan fingerprint density at radius 2 is 1.47 bits per heavy atom. The van der Waals surface area contributed by atoms with Gasteiger partial charge in [0.1, 0.15) is 0 Å². The highest BCUT2D eigenvalue weighted by molar-refractivity contribution is 7.85. The molecule has 1 fully saturated rings. The van der Waals surface area contributed by atoms with Gasteiger partial charge in [0.25, 0.3) is 16.0 Å². The second kappa shape index (κ2) is 12.6. The van der Waals surface area contributed by atoms with Gasteiger partial charge in [0, 0.05) is 25.7 Å². The second-order valence-electron chi connectivity index (χ2n) is 9.19. The average Bonchev–Trinajstić information content (AvgIpc) is 3.32. The van der Waals surface area contributed by atoms with Crippen molar-refractivity contribution < 1.29 is 17.8 Å². The normalized spacial score (nSPS) is 14.4. The summed E-state index contributed by atoms with van der Waals surface area (Å²) in [5, 5.41) is 7.61. The zero-order chi connectivity index (χ0) is 27.0. The van der Waals surface area contributed by atoms with Gasteiger partial charge in [-0.2, -0.15) is 13.5 Å². The SMILES string of the molecule is Cc1c(C(=O)NC2CCN(Cc3ccccc3)CC2)cnn1-c1ccccc1.O=S(=O)(O)c1ccccc1. The van der Waals surface area contributed by atoms with Gasteiger partial charge in [0.15, 0.2) is 0 Å². The summed E-state index contributed by atoms with van der Waals surface area (Å²) in [5.41, 5.74) is 3.82. The summed E-state index contributed by atoms with van der Waals surface area (Å²) in [6.07, 6.45) is 3.62. The molecule has 3 aromatic carbocycles. The van der Waals surface area contributed by atoms with Gasteiger partial charge >= 0.3 is 0 Å². The largest absolute Gasteiger partial charge is 0.349 e. The molecule has 5 rings (SSSR count). The third kappa shape index (κ3) is 7.38. The molecular weight excluding hydrogens is 500 g/mol. The molecule has 0 atom stereocenters. The Labute approximate surface area is 223 Å². The van der Waals surface area contributed by atoms with E-state index in [0.29, 0.717) is 5.56 Å². The van der Waals surface area contributed by atoms with E-state index in [1.54, 1.807) is 24.4 Å². The maximum atomic E-state index is 12.8. The Morgan fingerprint density at radius 1 is 0.921 bits per heavy atom. The standard InChI is InChI=1S/C23H26N4O.C6H6O3S/c1-18-22(16-24-27(18)21-10-6-3-7-11-21)23(28)25-20-12-14-26(15-13-20)17-19-8-4-2-5-9-19;7-10(8,9)6-4-2-1-3-5-6/h2-11,16,20H,12-15,17H2,1H3,(H,25,28);1-5H,(H,7,8,9). The smallest absolute Gasteiger partial charge is 0.294 e. The van der Waals surface area contributed by atoms with Crippen LogP contribution >= 0.6 is 0 Å². The Kier molecular flexibility index (Phi) is 9.06. The lowest BCUT2D eigenvalue weighted by atomic mass is 10.0. The summed E-state index contributed by atoms with van der Waals surface area (Å²) in [6, 6.07) is 28.1. The van der Waals surface area contributed by atoms with Gasteiger partial charge in [0.2, 0.25) is 0 Å². The van der Waals surface area contributed by atoms with Gasteiger partial charge in [-0.15, -0.1) is 0 Å². The Balaban J connectivity index is 0.000000283. The van der Waals surface area contributed by atoms with Gasteiger partial charge in [-0.05, 0) is 49.6 Å². The van der Waals surface area contributed by atoms with E-state index in [1.807, 2.05) is 48.0 Å². The van der Waals surface area contributed by atoms with Crippen molar-refractivity contribution in [2.45, 2.75) is 37.2 Å². The summed E-state index contributed by atoms with van der Waals surface area (Å²) in [5.74, 6) is -0.0267. The monoisotopic (exact) mass is 532 g/mol. The van der Waals surface area contributed by atoms with Crippen LogP contribution in [0.25, 0.3) is 5.69 Å². The minimum atomic E-state index is -4.00. The fourth-order valence-electron chi connectivity index (χ4n) is 4.39. The molecule has 0 bridgehead atoms. The molecule has 1 aliphatic heterocycles. The third-order valence-electron chi connectivity index (χ3n) is 6.47. The lowest BCUT2D eigenvalue weighted by molar-refractivity contribution is 0.0908. The first-order valence-electron chi connectivity index (χ1n) is 12.5. The number of rotatable bonds is 6. The molecule has 0 aliphatic carbocycles. The molecule has 0 spiro atoms. The van der Waals surface area contributed by atoms with E-state index in [1.165, 1.54) is 17.7 Å². The molecule has 9 heteroatoms. The maximum Gasteiger partial charge on any atom is 0.294 e. The van der Waals surface area contributed by atoms with Crippen LogP contribution in [-0.4, -0.2) is 52.7 Å². The number of hydrogen-bond donors (Lipinski definition) is 2. The predicted octanol–water partition coefficient (Wildman–Crippen LogP) is 4.51. The molecule has 1 aliphatic rings. The number of likely N-dealkylation sites (tertiary alicyclic amines) is 1. The predicted molar refractivity (Wildman–Crippen MR) is 147 cm³/mol. The number of hydrogen-bond acceptors (Lipinski definition) is 5. The van der Waals surface area contributed by atoms with E-state index >= 15 is 0 Å². The maximum absolute atomic E-state index is 12.8. The molecule has 0 saturated carbocycles. The number of benzene rings is 3. The topological polar surface area (TPSA) is 105 Å². The van der Waals surface area contributed by atoms with Gasteiger partial charge in [-0.25, -0.2) is 4.68 Å². The molecule has 1 aromatic heterocycles. The van der Waals surface area contributed by atoms with Crippen LogP contribution in [0.4, 0.5) is 0 Å². The summed E-state index contributed by atoms with van der Waals surface area (Å²) >= 11 is 0. The molecule has 1 amide bonds. The van der Waals surface area contributed by atoms with Crippen molar-refractivity contribution in [1.82, 2.24) is 20.0 Å². The summed E-state index contributed by atoms with van der Waals surface area (Å²) < 4.78 is 31.1. The number of nitrogens with zero attached hydrogens (tertiary/aromatic N) is 3. The summed E-state index contributed by atoms with van der Waals surface area (Å²) in [6.45, 7) is 4.92. The quantitative estimate of drug-likeness (QED) is 0.354. The van der Waals surface area contributed by atoms with Crippen molar-refractivity contribution in [1.29, 1.82) is 0 Å². The van der Waals surface area contributed by atoms with Gasteiger partial charge < -0.3 is 5.32 Å². The summed E-state index contributed by atoms with van der Waals surface area (Å²) in [7, 11) is -4.00. The van der Waals surface area contributed by atoms with Gasteiger partial charge in [-0.3, -0.25) is 14.2 Å². The molecule has 2 heterocycles. The molecule has 0 unspecified atom stereocenters. The minimum Gasteiger partial charge on any atom is -0.349 e. The van der Waals surface area contributed by atoms with Crippen LogP contribution < -0.4 is 5.32 Å². The number of para-hydroxylation sites is 1. The van der Waals surface area contributed by atoms with Gasteiger partial charge in [0.05, 0.1) is 28.0 Å². The van der Waals surface area contributed by atoms with E-state index in [9.17, 15) is 13.2 Å². The molecule has 2 N–H and O–H groups in total. The first-order valence-corrected chi connectivity index (χ1v) is 13.9. The highest BCUT2D eigenvalue weighted by atomic mass is 32.2. The zero-order valence-corrected chi connectivity index (χ0v) is 22.1. The van der Waals surface area contributed by atoms with Gasteiger partial charge in [-0.1, -0.05) is 66.7 Å². The molecule has 0 radical (unpaired) electrons. The molecule has 198 valence electrons. The zero-order valence-electron chi connectivity index (χ0n) is 21.3. The first kappa shape index (κ1) is 27.3. The molecular formula is C29H32N4O4S. The first-order chi connectivity index (χ1) is 18.3. The number of amides is 1. The van der Waals surface area contributed by atoms with Crippen LogP contribution in [0.15, 0.2) is 102 Å². The molecule has 4 aromatic rings. The number of carbonyl (C=O) groups excluding carboxylic acids is 1. The Morgan fingerprint density at radius 3 is 2.03 bits per heavy atom.